The number of anilines is 1. The van der Waals surface area contributed by atoms with Crippen LogP contribution in [0.5, 0.6) is 5.75 Å². The molecule has 29 heavy (non-hydrogen) atoms. The van der Waals surface area contributed by atoms with E-state index in [4.69, 9.17) is 4.74 Å². The highest BCUT2D eigenvalue weighted by atomic mass is 32.2. The minimum atomic E-state index is -3.79. The van der Waals surface area contributed by atoms with Crippen molar-refractivity contribution in [2.75, 3.05) is 28.6 Å². The van der Waals surface area contributed by atoms with Crippen molar-refractivity contribution in [3.05, 3.63) is 59.9 Å². The van der Waals surface area contributed by atoms with Gasteiger partial charge in [-0.25, -0.2) is 18.2 Å². The minimum absolute atomic E-state index is 0.0608. The highest BCUT2D eigenvalue weighted by molar-refractivity contribution is 8.00. The summed E-state index contributed by atoms with van der Waals surface area (Å²) in [6, 6.07) is 12.3. The Bertz CT molecular complexity index is 1010. The molecule has 0 bridgehead atoms. The molecule has 10 heteroatoms. The van der Waals surface area contributed by atoms with Gasteiger partial charge in [-0.1, -0.05) is 18.2 Å². The van der Waals surface area contributed by atoms with Crippen LogP contribution in [0.15, 0.2) is 53.6 Å². The number of ether oxygens (including phenoxy) is 1. The monoisotopic (exact) mass is 437 g/mol. The molecule has 2 aromatic carbocycles. The standard InChI is InChI=1S/C19H20FN3O4S2/c1-29(25,26)23(16-6-3-5-15(20)9-16)11-19(24)22-21-10-14-4-2-7-17(8-14)27-18-12-28-13-18/h2-10,18H,11-13H2,1H3,(H,22,24)/b21-10-. The van der Waals surface area contributed by atoms with Gasteiger partial charge in [0.2, 0.25) is 10.0 Å². The van der Waals surface area contributed by atoms with Crippen molar-refractivity contribution in [1.29, 1.82) is 0 Å². The number of carbonyl (C=O) groups is 1. The number of carbonyl (C=O) groups excluding carboxylic acids is 1. The summed E-state index contributed by atoms with van der Waals surface area (Å²) in [5, 5.41) is 3.86. The number of nitrogens with one attached hydrogen (secondary N) is 1. The molecule has 0 spiro atoms. The Labute approximate surface area is 173 Å². The third-order valence-electron chi connectivity index (χ3n) is 3.95. The molecule has 1 amide bonds. The summed E-state index contributed by atoms with van der Waals surface area (Å²) >= 11 is 1.82. The second-order valence-corrected chi connectivity index (χ2v) is 9.37. The van der Waals surface area contributed by atoms with Gasteiger partial charge < -0.3 is 4.74 Å². The van der Waals surface area contributed by atoms with Crippen LogP contribution in [0, 0.1) is 5.82 Å². The molecule has 1 N–H and O–H groups in total. The summed E-state index contributed by atoms with van der Waals surface area (Å²) in [5.41, 5.74) is 3.07. The smallest absolute Gasteiger partial charge is 0.260 e. The van der Waals surface area contributed by atoms with E-state index < -0.39 is 28.3 Å². The minimum Gasteiger partial charge on any atom is -0.489 e. The van der Waals surface area contributed by atoms with Crippen molar-refractivity contribution in [3.63, 3.8) is 0 Å². The fourth-order valence-electron chi connectivity index (χ4n) is 2.52. The molecule has 1 fully saturated rings. The maximum atomic E-state index is 13.4. The summed E-state index contributed by atoms with van der Waals surface area (Å²) in [4.78, 5) is 12.2. The van der Waals surface area contributed by atoms with Gasteiger partial charge in [0.05, 0.1) is 18.2 Å². The van der Waals surface area contributed by atoms with E-state index in [1.807, 2.05) is 23.9 Å². The first-order chi connectivity index (χ1) is 13.8. The number of hydrogen-bond donors (Lipinski definition) is 1. The van der Waals surface area contributed by atoms with Crippen molar-refractivity contribution >= 4 is 39.6 Å². The van der Waals surface area contributed by atoms with Crippen LogP contribution in [-0.2, 0) is 14.8 Å². The van der Waals surface area contributed by atoms with Crippen LogP contribution in [0.25, 0.3) is 0 Å². The van der Waals surface area contributed by atoms with Crippen LogP contribution in [0.3, 0.4) is 0 Å². The van der Waals surface area contributed by atoms with E-state index in [1.165, 1.54) is 24.4 Å². The molecule has 1 aliphatic heterocycles. The number of rotatable bonds is 8. The lowest BCUT2D eigenvalue weighted by atomic mass is 10.2. The first kappa shape index (κ1) is 21.1. The van der Waals surface area contributed by atoms with E-state index in [-0.39, 0.29) is 11.8 Å². The topological polar surface area (TPSA) is 88.1 Å². The predicted octanol–water partition coefficient (Wildman–Crippen LogP) is 2.24. The van der Waals surface area contributed by atoms with Gasteiger partial charge in [0, 0.05) is 11.5 Å². The maximum absolute atomic E-state index is 13.4. The molecule has 1 saturated heterocycles. The molecule has 3 rings (SSSR count). The fraction of sp³-hybridized carbons (Fsp3) is 0.263. The van der Waals surface area contributed by atoms with Crippen LogP contribution < -0.4 is 14.5 Å². The van der Waals surface area contributed by atoms with E-state index in [1.54, 1.807) is 12.1 Å². The van der Waals surface area contributed by atoms with Crippen LogP contribution in [-0.4, -0.2) is 50.9 Å². The second kappa shape index (κ2) is 9.27. The maximum Gasteiger partial charge on any atom is 0.260 e. The lowest BCUT2D eigenvalue weighted by molar-refractivity contribution is -0.119. The zero-order valence-corrected chi connectivity index (χ0v) is 17.2. The molecule has 2 aromatic rings. The highest BCUT2D eigenvalue weighted by Gasteiger charge is 2.21. The molecule has 0 atom stereocenters. The SMILES string of the molecule is CS(=O)(=O)N(CC(=O)N/N=C\c1cccc(OC2CSC2)c1)c1cccc(F)c1. The Kier molecular flexibility index (Phi) is 6.75. The Hall–Kier alpha value is -2.59. The Morgan fingerprint density at radius 2 is 2.07 bits per heavy atom. The van der Waals surface area contributed by atoms with Crippen molar-refractivity contribution in [2.24, 2.45) is 5.10 Å². The summed E-state index contributed by atoms with van der Waals surface area (Å²) < 4.78 is 44.0. The third-order valence-corrected chi connectivity index (χ3v) is 6.31. The second-order valence-electron chi connectivity index (χ2n) is 6.39. The highest BCUT2D eigenvalue weighted by Crippen LogP contribution is 2.24. The zero-order chi connectivity index (χ0) is 20.9. The molecular weight excluding hydrogens is 417 g/mol. The average molecular weight is 438 g/mol. The number of amides is 1. The molecule has 7 nitrogen and oxygen atoms in total. The number of hydrazone groups is 1. The molecule has 0 radical (unpaired) electrons. The summed E-state index contributed by atoms with van der Waals surface area (Å²) in [6.45, 7) is -0.526. The van der Waals surface area contributed by atoms with Gasteiger partial charge >= 0.3 is 0 Å². The normalized spacial score (nSPS) is 14.4. The molecule has 1 aliphatic rings. The molecule has 0 unspecified atom stereocenters. The number of thioether (sulfide) groups is 1. The molecular formula is C19H20FN3O4S2. The van der Waals surface area contributed by atoms with Gasteiger partial charge in [0.1, 0.15) is 24.2 Å². The Balaban J connectivity index is 1.61. The quantitative estimate of drug-likeness (QED) is 0.506. The van der Waals surface area contributed by atoms with Crippen LogP contribution in [0.2, 0.25) is 0 Å². The van der Waals surface area contributed by atoms with Crippen molar-refractivity contribution in [2.45, 2.75) is 6.10 Å². The van der Waals surface area contributed by atoms with E-state index in [9.17, 15) is 17.6 Å². The van der Waals surface area contributed by atoms with Gasteiger partial charge in [0.25, 0.3) is 5.91 Å². The number of hydrogen-bond acceptors (Lipinski definition) is 6. The third kappa shape index (κ3) is 6.20. The first-order valence-corrected chi connectivity index (χ1v) is 11.7. The molecule has 154 valence electrons. The van der Waals surface area contributed by atoms with E-state index in [2.05, 4.69) is 10.5 Å². The largest absolute Gasteiger partial charge is 0.489 e. The van der Waals surface area contributed by atoms with Crippen LogP contribution in [0.4, 0.5) is 10.1 Å². The van der Waals surface area contributed by atoms with Crippen LogP contribution in [0.1, 0.15) is 5.56 Å². The fourth-order valence-corrected chi connectivity index (χ4v) is 3.93. The van der Waals surface area contributed by atoms with Gasteiger partial charge in [0.15, 0.2) is 0 Å². The molecule has 1 heterocycles. The molecule has 0 aliphatic carbocycles. The Morgan fingerprint density at radius 3 is 2.72 bits per heavy atom. The molecule has 0 saturated carbocycles. The van der Waals surface area contributed by atoms with Crippen molar-refractivity contribution < 1.29 is 22.3 Å². The average Bonchev–Trinajstić information content (AvgIpc) is 2.62. The zero-order valence-electron chi connectivity index (χ0n) is 15.6. The van der Waals surface area contributed by atoms with E-state index in [0.717, 1.165) is 39.4 Å². The van der Waals surface area contributed by atoms with Gasteiger partial charge in [-0.2, -0.15) is 16.9 Å². The summed E-state index contributed by atoms with van der Waals surface area (Å²) in [6.07, 6.45) is 2.60. The van der Waals surface area contributed by atoms with E-state index in [0.29, 0.717) is 0 Å². The van der Waals surface area contributed by atoms with Gasteiger partial charge in [-0.3, -0.25) is 9.10 Å². The summed E-state index contributed by atoms with van der Waals surface area (Å²) in [7, 11) is -3.79. The number of nitrogens with zero attached hydrogens (tertiary/aromatic N) is 2. The Morgan fingerprint density at radius 1 is 1.31 bits per heavy atom. The summed E-state index contributed by atoms with van der Waals surface area (Å²) in [5.74, 6) is 1.40. The van der Waals surface area contributed by atoms with Crippen molar-refractivity contribution in [1.82, 2.24) is 5.43 Å². The number of halogens is 1. The lowest BCUT2D eigenvalue weighted by Gasteiger charge is -2.25. The van der Waals surface area contributed by atoms with Gasteiger partial charge in [-0.05, 0) is 35.9 Å². The van der Waals surface area contributed by atoms with Gasteiger partial charge in [-0.15, -0.1) is 0 Å². The van der Waals surface area contributed by atoms with Crippen molar-refractivity contribution in [3.8, 4) is 5.75 Å². The number of sulfonamides is 1. The first-order valence-electron chi connectivity index (χ1n) is 8.71. The lowest BCUT2D eigenvalue weighted by Crippen LogP contribution is -2.39. The van der Waals surface area contributed by atoms with E-state index >= 15 is 0 Å². The molecule has 0 aromatic heterocycles. The predicted molar refractivity (Wildman–Crippen MR) is 113 cm³/mol. The van der Waals surface area contributed by atoms with Crippen LogP contribution >= 0.6 is 11.8 Å². The number of benzene rings is 2.